The molecule has 1 rings (SSSR count). The molecular weight excluding hydrogens is 182 g/mol. The number of Topliss-reactive ketones (excluding diaryl/α,β-unsaturated/α-hetero) is 1. The number of hydrogen-bond acceptors (Lipinski definition) is 4. The highest BCUT2D eigenvalue weighted by atomic mass is 16.5. The molecule has 1 saturated heterocycles. The predicted molar refractivity (Wildman–Crippen MR) is 53.4 cm³/mol. The van der Waals surface area contributed by atoms with Gasteiger partial charge in [-0.2, -0.15) is 0 Å². The molecule has 4 heteroatoms. The maximum Gasteiger partial charge on any atom is 0.188 e. The highest BCUT2D eigenvalue weighted by Crippen LogP contribution is 2.04. The Morgan fingerprint density at radius 3 is 3.07 bits per heavy atom. The van der Waals surface area contributed by atoms with Gasteiger partial charge in [-0.3, -0.25) is 4.79 Å². The topological polar surface area (TPSA) is 38.8 Å². The van der Waals surface area contributed by atoms with Crippen molar-refractivity contribution in [1.82, 2.24) is 4.90 Å². The predicted octanol–water partition coefficient (Wildman–Crippen LogP) is 0.313. The number of carbonyl (C=O) groups is 1. The molecule has 82 valence electrons. The fourth-order valence-electron chi connectivity index (χ4n) is 1.38. The van der Waals surface area contributed by atoms with Crippen LogP contribution in [0.4, 0.5) is 0 Å². The third kappa shape index (κ3) is 3.74. The first-order valence-corrected chi connectivity index (χ1v) is 5.14. The van der Waals surface area contributed by atoms with Crippen LogP contribution < -0.4 is 0 Å². The quantitative estimate of drug-likeness (QED) is 0.600. The molecule has 0 radical (unpaired) electrons. The van der Waals surface area contributed by atoms with E-state index in [2.05, 4.69) is 4.90 Å². The van der Waals surface area contributed by atoms with Gasteiger partial charge in [-0.25, -0.2) is 0 Å². The second-order valence-electron chi connectivity index (χ2n) is 3.64. The monoisotopic (exact) mass is 201 g/mol. The summed E-state index contributed by atoms with van der Waals surface area (Å²) < 4.78 is 10.6. The molecule has 1 aliphatic rings. The maximum atomic E-state index is 11.5. The third-order valence-corrected chi connectivity index (χ3v) is 2.22. The average Bonchev–Trinajstić information content (AvgIpc) is 2.18. The van der Waals surface area contributed by atoms with Crippen LogP contribution in [0.15, 0.2) is 0 Å². The molecular formula is C10H19NO3. The van der Waals surface area contributed by atoms with Gasteiger partial charge in [-0.15, -0.1) is 0 Å². The molecule has 0 aromatic heterocycles. The number of ketones is 1. The van der Waals surface area contributed by atoms with E-state index in [0.29, 0.717) is 19.8 Å². The number of likely N-dealkylation sites (N-methyl/N-ethyl adjacent to an activating group) is 1. The summed E-state index contributed by atoms with van der Waals surface area (Å²) in [6, 6.07) is 0. The van der Waals surface area contributed by atoms with E-state index in [4.69, 9.17) is 9.47 Å². The highest BCUT2D eigenvalue weighted by molar-refractivity contribution is 5.84. The van der Waals surface area contributed by atoms with Gasteiger partial charge in [-0.05, 0) is 13.5 Å². The zero-order valence-electron chi connectivity index (χ0n) is 8.99. The minimum atomic E-state index is -0.286. The number of morpholine rings is 1. The van der Waals surface area contributed by atoms with E-state index in [1.54, 1.807) is 0 Å². The Kier molecular flexibility index (Phi) is 5.07. The van der Waals surface area contributed by atoms with E-state index in [9.17, 15) is 4.79 Å². The average molecular weight is 201 g/mol. The summed E-state index contributed by atoms with van der Waals surface area (Å²) in [7, 11) is 2.00. The summed E-state index contributed by atoms with van der Waals surface area (Å²) >= 11 is 0. The van der Waals surface area contributed by atoms with E-state index in [0.717, 1.165) is 13.0 Å². The molecule has 0 aliphatic carbocycles. The Bertz CT molecular complexity index is 184. The van der Waals surface area contributed by atoms with Crippen LogP contribution in [-0.4, -0.2) is 56.7 Å². The third-order valence-electron chi connectivity index (χ3n) is 2.22. The summed E-state index contributed by atoms with van der Waals surface area (Å²) in [5.41, 5.74) is 0. The smallest absolute Gasteiger partial charge is 0.188 e. The molecule has 1 unspecified atom stereocenters. The molecule has 0 spiro atoms. The highest BCUT2D eigenvalue weighted by Gasteiger charge is 2.24. The maximum absolute atomic E-state index is 11.5. The molecule has 1 atom stereocenters. The SMILES string of the molecule is CCCOCC(=O)C1CN(C)CCO1. The number of rotatable bonds is 5. The number of ether oxygens (including phenoxy) is 2. The molecule has 0 amide bonds. The summed E-state index contributed by atoms with van der Waals surface area (Å²) in [6.07, 6.45) is 0.657. The lowest BCUT2D eigenvalue weighted by atomic mass is 10.2. The van der Waals surface area contributed by atoms with Crippen molar-refractivity contribution in [1.29, 1.82) is 0 Å². The minimum Gasteiger partial charge on any atom is -0.374 e. The molecule has 1 aliphatic heterocycles. The fourth-order valence-corrected chi connectivity index (χ4v) is 1.38. The zero-order valence-corrected chi connectivity index (χ0v) is 8.99. The van der Waals surface area contributed by atoms with E-state index in [-0.39, 0.29) is 18.5 Å². The first-order chi connectivity index (χ1) is 6.74. The lowest BCUT2D eigenvalue weighted by Gasteiger charge is -2.28. The van der Waals surface area contributed by atoms with Crippen molar-refractivity contribution in [2.45, 2.75) is 19.4 Å². The first-order valence-electron chi connectivity index (χ1n) is 5.14. The van der Waals surface area contributed by atoms with Crippen LogP contribution in [0.2, 0.25) is 0 Å². The van der Waals surface area contributed by atoms with E-state index in [1.807, 2.05) is 14.0 Å². The van der Waals surface area contributed by atoms with Crippen LogP contribution in [0.25, 0.3) is 0 Å². The molecule has 1 heterocycles. The summed E-state index contributed by atoms with van der Waals surface area (Å²) in [5, 5.41) is 0. The van der Waals surface area contributed by atoms with Crippen LogP contribution in [0.5, 0.6) is 0 Å². The number of nitrogens with zero attached hydrogens (tertiary/aromatic N) is 1. The molecule has 14 heavy (non-hydrogen) atoms. The van der Waals surface area contributed by atoms with E-state index in [1.165, 1.54) is 0 Å². The second-order valence-corrected chi connectivity index (χ2v) is 3.64. The lowest BCUT2D eigenvalue weighted by molar-refractivity contribution is -0.140. The molecule has 4 nitrogen and oxygen atoms in total. The van der Waals surface area contributed by atoms with Crippen LogP contribution in [-0.2, 0) is 14.3 Å². The zero-order chi connectivity index (χ0) is 10.4. The van der Waals surface area contributed by atoms with Gasteiger partial charge >= 0.3 is 0 Å². The van der Waals surface area contributed by atoms with Crippen LogP contribution >= 0.6 is 0 Å². The van der Waals surface area contributed by atoms with Crippen molar-refractivity contribution in [2.24, 2.45) is 0 Å². The van der Waals surface area contributed by atoms with Crippen molar-refractivity contribution in [2.75, 3.05) is 40.0 Å². The van der Waals surface area contributed by atoms with Crippen LogP contribution in [0.1, 0.15) is 13.3 Å². The van der Waals surface area contributed by atoms with Crippen molar-refractivity contribution in [3.8, 4) is 0 Å². The Labute approximate surface area is 85.2 Å². The van der Waals surface area contributed by atoms with Gasteiger partial charge in [0, 0.05) is 19.7 Å². The Balaban J connectivity index is 2.22. The molecule has 0 aromatic carbocycles. The Hall–Kier alpha value is -0.450. The number of hydrogen-bond donors (Lipinski definition) is 0. The molecule has 0 saturated carbocycles. The van der Waals surface area contributed by atoms with Gasteiger partial charge in [-0.1, -0.05) is 6.92 Å². The molecule has 0 aromatic rings. The molecule has 0 bridgehead atoms. The van der Waals surface area contributed by atoms with Crippen molar-refractivity contribution in [3.05, 3.63) is 0 Å². The van der Waals surface area contributed by atoms with Gasteiger partial charge in [0.1, 0.15) is 12.7 Å². The van der Waals surface area contributed by atoms with Crippen LogP contribution in [0, 0.1) is 0 Å². The standard InChI is InChI=1S/C10H19NO3/c1-3-5-13-8-9(12)10-7-11(2)4-6-14-10/h10H,3-8H2,1-2H3. The summed E-state index contributed by atoms with van der Waals surface area (Å²) in [4.78, 5) is 13.6. The van der Waals surface area contributed by atoms with Gasteiger partial charge in [0.15, 0.2) is 5.78 Å². The minimum absolute atomic E-state index is 0.0602. The van der Waals surface area contributed by atoms with Crippen molar-refractivity contribution < 1.29 is 14.3 Å². The van der Waals surface area contributed by atoms with Gasteiger partial charge < -0.3 is 14.4 Å². The normalized spacial score (nSPS) is 23.7. The van der Waals surface area contributed by atoms with Gasteiger partial charge in [0.2, 0.25) is 0 Å². The lowest BCUT2D eigenvalue weighted by Crippen LogP contribution is -2.45. The summed E-state index contributed by atoms with van der Waals surface area (Å²) in [5.74, 6) is 0.0602. The Morgan fingerprint density at radius 1 is 1.64 bits per heavy atom. The largest absolute Gasteiger partial charge is 0.374 e. The first kappa shape index (κ1) is 11.6. The second kappa shape index (κ2) is 6.11. The van der Waals surface area contributed by atoms with E-state index < -0.39 is 0 Å². The van der Waals surface area contributed by atoms with Crippen molar-refractivity contribution >= 4 is 5.78 Å². The Morgan fingerprint density at radius 2 is 2.43 bits per heavy atom. The van der Waals surface area contributed by atoms with Gasteiger partial charge in [0.05, 0.1) is 6.61 Å². The van der Waals surface area contributed by atoms with Crippen LogP contribution in [0.3, 0.4) is 0 Å². The van der Waals surface area contributed by atoms with Gasteiger partial charge in [0.25, 0.3) is 0 Å². The van der Waals surface area contributed by atoms with E-state index >= 15 is 0 Å². The fraction of sp³-hybridized carbons (Fsp3) is 0.900. The summed E-state index contributed by atoms with van der Waals surface area (Å²) in [6.45, 7) is 5.09. The molecule has 0 N–H and O–H groups in total. The number of carbonyl (C=O) groups excluding carboxylic acids is 1. The van der Waals surface area contributed by atoms with Crippen molar-refractivity contribution in [3.63, 3.8) is 0 Å². The molecule has 1 fully saturated rings.